The van der Waals surface area contributed by atoms with E-state index in [1.165, 1.54) is 4.72 Å². The van der Waals surface area contributed by atoms with Crippen LogP contribution >= 0.6 is 0 Å². The molecule has 0 aromatic carbocycles. The van der Waals surface area contributed by atoms with Crippen molar-refractivity contribution in [3.05, 3.63) is 11.8 Å². The lowest BCUT2D eigenvalue weighted by Crippen LogP contribution is -2.66. The molecule has 0 aromatic heterocycles. The minimum absolute atomic E-state index is 0.442. The van der Waals surface area contributed by atoms with E-state index in [1.54, 1.807) is 0 Å². The third kappa shape index (κ3) is 8.79. The Morgan fingerprint density at radius 1 is 1.00 bits per heavy atom. The van der Waals surface area contributed by atoms with E-state index >= 15 is 0 Å². The van der Waals surface area contributed by atoms with Gasteiger partial charge in [-0.1, -0.05) is 0 Å². The Labute approximate surface area is 196 Å². The van der Waals surface area contributed by atoms with Crippen LogP contribution in [0.15, 0.2) is 11.8 Å². The van der Waals surface area contributed by atoms with Crippen LogP contribution in [0.2, 0.25) is 0 Å². The molecule has 35 heavy (non-hydrogen) atoms. The summed E-state index contributed by atoms with van der Waals surface area (Å²) in [5, 5.41) is 39.6. The predicted molar refractivity (Wildman–Crippen MR) is 101 cm³/mol. The van der Waals surface area contributed by atoms with Gasteiger partial charge in [0.15, 0.2) is 12.4 Å². The van der Waals surface area contributed by atoms with Crippen LogP contribution in [0.3, 0.4) is 0 Å². The van der Waals surface area contributed by atoms with Gasteiger partial charge in [0.05, 0.1) is 6.61 Å². The first-order valence-corrected chi connectivity index (χ1v) is 12.9. The Hall–Kier alpha value is -1.58. The number of hydrogen-bond donors (Lipinski definition) is 8. The Morgan fingerprint density at radius 2 is 1.60 bits per heavy atom. The summed E-state index contributed by atoms with van der Waals surface area (Å²) in [6, 6.07) is -2.15. The zero-order valence-electron chi connectivity index (χ0n) is 16.7. The molecule has 2 aliphatic heterocycles. The van der Waals surface area contributed by atoms with Crippen LogP contribution in [0.4, 0.5) is 0 Å². The van der Waals surface area contributed by atoms with Gasteiger partial charge >= 0.3 is 37.1 Å². The Balaban J connectivity index is 2.44. The quantitative estimate of drug-likeness (QED) is 0.112. The molecular formula is C12H19NO19S3. The first kappa shape index (κ1) is 29.6. The van der Waals surface area contributed by atoms with E-state index in [4.69, 9.17) is 33.0 Å². The van der Waals surface area contributed by atoms with Crippen molar-refractivity contribution in [3.8, 4) is 0 Å². The Bertz CT molecular complexity index is 1130. The summed E-state index contributed by atoms with van der Waals surface area (Å²) in [7, 11) is -15.7. The second kappa shape index (κ2) is 10.8. The Morgan fingerprint density at radius 3 is 2.09 bits per heavy atom. The van der Waals surface area contributed by atoms with Gasteiger partial charge in [0.1, 0.15) is 30.5 Å². The van der Waals surface area contributed by atoms with Crippen LogP contribution in [-0.4, -0.2) is 121 Å². The van der Waals surface area contributed by atoms with Crippen LogP contribution in [0.1, 0.15) is 0 Å². The molecule has 2 rings (SSSR count). The maximum atomic E-state index is 11.2. The van der Waals surface area contributed by atoms with Gasteiger partial charge < -0.3 is 34.6 Å². The van der Waals surface area contributed by atoms with Crippen molar-refractivity contribution in [2.24, 2.45) is 0 Å². The second-order valence-corrected chi connectivity index (χ2v) is 10.1. The lowest BCUT2D eigenvalue weighted by Gasteiger charge is -2.44. The molecule has 20 nitrogen and oxygen atoms in total. The molecule has 0 aliphatic carbocycles. The molecular weight excluding hydrogens is 558 g/mol. The normalized spacial score (nSPS) is 34.6. The predicted octanol–water partition coefficient (Wildman–Crippen LogP) is -5.10. The van der Waals surface area contributed by atoms with E-state index in [0.717, 1.165) is 0 Å². The number of rotatable bonds is 10. The first-order valence-electron chi connectivity index (χ1n) is 8.76. The molecule has 8 N–H and O–H groups in total. The highest BCUT2D eigenvalue weighted by Gasteiger charge is 2.51. The summed E-state index contributed by atoms with van der Waals surface area (Å²) >= 11 is 0. The highest BCUT2D eigenvalue weighted by molar-refractivity contribution is 7.83. The zero-order valence-corrected chi connectivity index (χ0v) is 19.1. The monoisotopic (exact) mass is 577 g/mol. The van der Waals surface area contributed by atoms with E-state index in [-0.39, 0.29) is 0 Å². The molecule has 8 atom stereocenters. The first-order chi connectivity index (χ1) is 15.8. The number of carbonyl (C=O) groups is 1. The van der Waals surface area contributed by atoms with E-state index in [2.05, 4.69) is 8.37 Å². The Kier molecular flexibility index (Phi) is 9.15. The average Bonchev–Trinajstić information content (AvgIpc) is 2.65. The molecule has 204 valence electrons. The van der Waals surface area contributed by atoms with E-state index in [9.17, 15) is 45.4 Å². The molecule has 1 fully saturated rings. The molecule has 1 unspecified atom stereocenters. The second-order valence-electron chi connectivity index (χ2n) is 6.79. The van der Waals surface area contributed by atoms with E-state index in [1.807, 2.05) is 0 Å². The number of aliphatic hydroxyl groups is 3. The van der Waals surface area contributed by atoms with Gasteiger partial charge in [0.2, 0.25) is 12.0 Å². The van der Waals surface area contributed by atoms with Crippen LogP contribution in [0, 0.1) is 0 Å². The van der Waals surface area contributed by atoms with Gasteiger partial charge in [0.25, 0.3) is 0 Å². The van der Waals surface area contributed by atoms with Gasteiger partial charge in [-0.2, -0.15) is 30.0 Å². The van der Waals surface area contributed by atoms with Crippen molar-refractivity contribution in [2.75, 3.05) is 6.61 Å². The maximum Gasteiger partial charge on any atom is 0.397 e. The standard InChI is InChI=1S/C12H19NO19S3/c14-3-1-4(10(16)17)30-12(8(3)32-35(25,26)27)31-9-5(2-28-34(22,23)24)29-11(18)6(7(9)15)13-33(19,20)21/h1,3,5-9,11-15,18H,2H2,(H,16,17)(H,19,20,21)(H,22,23,24)(H,25,26,27)/t3-,5+,6+,7-,8-,9+,11?,12-/m0/s1. The maximum absolute atomic E-state index is 11.2. The number of hydrogen-bond acceptors (Lipinski definition) is 15. The minimum atomic E-state index is -5.36. The molecule has 0 spiro atoms. The van der Waals surface area contributed by atoms with Crippen LogP contribution in [-0.2, 0) is 58.5 Å². The molecule has 2 aliphatic rings. The van der Waals surface area contributed by atoms with Crippen molar-refractivity contribution in [3.63, 3.8) is 0 Å². The third-order valence-corrected chi connectivity index (χ3v) is 5.73. The van der Waals surface area contributed by atoms with Gasteiger partial charge in [-0.25, -0.2) is 13.2 Å². The van der Waals surface area contributed by atoms with Crippen molar-refractivity contribution >= 4 is 37.1 Å². The molecule has 1 saturated heterocycles. The van der Waals surface area contributed by atoms with Gasteiger partial charge in [-0.15, -0.1) is 0 Å². The third-order valence-electron chi connectivity index (χ3n) is 4.26. The van der Waals surface area contributed by atoms with Crippen molar-refractivity contribution in [1.29, 1.82) is 0 Å². The van der Waals surface area contributed by atoms with Crippen LogP contribution < -0.4 is 4.72 Å². The van der Waals surface area contributed by atoms with Crippen LogP contribution in [0.5, 0.6) is 0 Å². The largest absolute Gasteiger partial charge is 0.475 e. The van der Waals surface area contributed by atoms with Crippen molar-refractivity contribution in [2.45, 2.75) is 49.1 Å². The highest BCUT2D eigenvalue weighted by Crippen LogP contribution is 2.30. The van der Waals surface area contributed by atoms with Gasteiger partial charge in [-0.3, -0.25) is 13.7 Å². The van der Waals surface area contributed by atoms with Gasteiger partial charge in [0, 0.05) is 0 Å². The van der Waals surface area contributed by atoms with Crippen molar-refractivity contribution < 1.29 is 86.7 Å². The number of aliphatic hydroxyl groups excluding tert-OH is 3. The van der Waals surface area contributed by atoms with Crippen molar-refractivity contribution in [1.82, 2.24) is 4.72 Å². The molecule has 0 saturated carbocycles. The number of ether oxygens (including phenoxy) is 3. The summed E-state index contributed by atoms with van der Waals surface area (Å²) in [5.41, 5.74) is 0. The summed E-state index contributed by atoms with van der Waals surface area (Å²) in [6.07, 6.45) is -15.1. The van der Waals surface area contributed by atoms with Crippen LogP contribution in [0.25, 0.3) is 0 Å². The number of carboxylic acid groups (broad SMARTS) is 1. The summed E-state index contributed by atoms with van der Waals surface area (Å²) in [5.74, 6) is -2.88. The lowest BCUT2D eigenvalue weighted by atomic mass is 9.97. The lowest BCUT2D eigenvalue weighted by molar-refractivity contribution is -0.303. The van der Waals surface area contributed by atoms with E-state index in [0.29, 0.717) is 6.08 Å². The molecule has 0 amide bonds. The SMILES string of the molecule is O=C(O)C1=C[C@H](O)[C@H](OS(=O)(=O)O)[C@H](O[C@H]2[C@@H](O)[C@@H](NS(=O)(=O)O)C(O)O[C@@H]2COS(=O)(=O)O)O1. The zero-order chi connectivity index (χ0) is 26.9. The fourth-order valence-corrected chi connectivity index (χ4v) is 4.35. The number of carboxylic acids is 1. The summed E-state index contributed by atoms with van der Waals surface area (Å²) in [6.45, 7) is -1.25. The van der Waals surface area contributed by atoms with Gasteiger partial charge in [-0.05, 0) is 6.08 Å². The summed E-state index contributed by atoms with van der Waals surface area (Å²) in [4.78, 5) is 11.2. The van der Waals surface area contributed by atoms with E-state index < -0.39 is 98.6 Å². The molecule has 0 aromatic rings. The fourth-order valence-electron chi connectivity index (χ4n) is 2.96. The molecule has 0 bridgehead atoms. The fraction of sp³-hybridized carbons (Fsp3) is 0.750. The molecule has 0 radical (unpaired) electrons. The number of nitrogens with one attached hydrogen (secondary N) is 1. The molecule has 2 heterocycles. The number of aliphatic carboxylic acids is 1. The smallest absolute Gasteiger partial charge is 0.397 e. The molecule has 23 heteroatoms. The highest BCUT2D eigenvalue weighted by atomic mass is 32.3. The topological polar surface area (TPSA) is 319 Å². The average molecular weight is 577 g/mol. The summed E-state index contributed by atoms with van der Waals surface area (Å²) < 4.78 is 117. The minimum Gasteiger partial charge on any atom is -0.475 e.